The molecule has 8 heteroatoms. The van der Waals surface area contributed by atoms with E-state index in [1.807, 2.05) is 19.9 Å². The zero-order valence-electron chi connectivity index (χ0n) is 18.7. The molecular weight excluding hydrogens is 426 g/mol. The highest BCUT2D eigenvalue weighted by atomic mass is 32.2. The third-order valence-electron chi connectivity index (χ3n) is 5.73. The molecule has 0 bridgehead atoms. The number of hydrogen-bond acceptors (Lipinski definition) is 4. The van der Waals surface area contributed by atoms with Gasteiger partial charge < -0.3 is 10.6 Å². The van der Waals surface area contributed by atoms with Gasteiger partial charge in [0.05, 0.1) is 4.90 Å². The maximum Gasteiger partial charge on any atom is 0.251 e. The lowest BCUT2D eigenvalue weighted by Gasteiger charge is -2.37. The van der Waals surface area contributed by atoms with Crippen molar-refractivity contribution in [3.05, 3.63) is 60.2 Å². The van der Waals surface area contributed by atoms with E-state index in [1.165, 1.54) is 12.1 Å². The fourth-order valence-corrected chi connectivity index (χ4v) is 6.02. The molecule has 2 N–H and O–H groups in total. The molecule has 0 saturated carbocycles. The van der Waals surface area contributed by atoms with E-state index in [9.17, 15) is 18.0 Å². The number of hydrogen-bond donors (Lipinski definition) is 2. The van der Waals surface area contributed by atoms with E-state index in [4.69, 9.17) is 0 Å². The highest BCUT2D eigenvalue weighted by molar-refractivity contribution is 7.89. The fraction of sp³-hybridized carbons (Fsp3) is 0.417. The molecule has 1 saturated heterocycles. The number of sulfonamides is 1. The maximum absolute atomic E-state index is 13.1. The number of amides is 2. The first kappa shape index (κ1) is 23.9. The lowest BCUT2D eigenvalue weighted by atomic mass is 10.0. The Morgan fingerprint density at radius 2 is 1.59 bits per heavy atom. The van der Waals surface area contributed by atoms with Gasteiger partial charge in [-0.2, -0.15) is 4.31 Å². The summed E-state index contributed by atoms with van der Waals surface area (Å²) in [4.78, 5) is 24.8. The first-order valence-electron chi connectivity index (χ1n) is 11.0. The van der Waals surface area contributed by atoms with E-state index < -0.39 is 10.0 Å². The van der Waals surface area contributed by atoms with Crippen molar-refractivity contribution in [3.63, 3.8) is 0 Å². The summed E-state index contributed by atoms with van der Waals surface area (Å²) in [5.74, 6) is -0.499. The summed E-state index contributed by atoms with van der Waals surface area (Å²) < 4.78 is 27.8. The van der Waals surface area contributed by atoms with Crippen molar-refractivity contribution in [2.45, 2.75) is 69.5 Å². The fourth-order valence-electron chi connectivity index (χ4n) is 4.14. The van der Waals surface area contributed by atoms with Crippen LogP contribution in [0.5, 0.6) is 0 Å². The molecule has 1 aliphatic heterocycles. The minimum atomic E-state index is -3.59. The third kappa shape index (κ3) is 5.75. The van der Waals surface area contributed by atoms with Crippen molar-refractivity contribution < 1.29 is 18.0 Å². The zero-order valence-corrected chi connectivity index (χ0v) is 19.6. The highest BCUT2D eigenvalue weighted by Crippen LogP contribution is 2.29. The number of anilines is 1. The summed E-state index contributed by atoms with van der Waals surface area (Å²) in [7, 11) is -3.59. The van der Waals surface area contributed by atoms with Crippen LogP contribution >= 0.6 is 0 Å². The van der Waals surface area contributed by atoms with Crippen molar-refractivity contribution in [2.24, 2.45) is 0 Å². The number of carbonyl (C=O) groups excluding carboxylic acids is 2. The molecule has 1 aliphatic rings. The number of benzene rings is 2. The van der Waals surface area contributed by atoms with Crippen LogP contribution in [0.2, 0.25) is 0 Å². The van der Waals surface area contributed by atoms with Gasteiger partial charge in [-0.3, -0.25) is 9.59 Å². The van der Waals surface area contributed by atoms with Gasteiger partial charge in [-0.15, -0.1) is 0 Å². The predicted octanol–water partition coefficient (Wildman–Crippen LogP) is 3.79. The summed E-state index contributed by atoms with van der Waals surface area (Å²) in [6, 6.07) is 14.6. The first-order chi connectivity index (χ1) is 15.2. The van der Waals surface area contributed by atoms with E-state index in [-0.39, 0.29) is 41.3 Å². The van der Waals surface area contributed by atoms with Crippen LogP contribution in [-0.2, 0) is 14.8 Å². The Labute approximate surface area is 190 Å². The van der Waals surface area contributed by atoms with Crippen LogP contribution in [0.15, 0.2) is 59.5 Å². The quantitative estimate of drug-likeness (QED) is 0.661. The summed E-state index contributed by atoms with van der Waals surface area (Å²) in [5.41, 5.74) is 1.05. The van der Waals surface area contributed by atoms with E-state index in [1.54, 1.807) is 47.6 Å². The van der Waals surface area contributed by atoms with Crippen LogP contribution in [0.3, 0.4) is 0 Å². The molecule has 0 radical (unpaired) electrons. The number of carbonyl (C=O) groups is 2. The Morgan fingerprint density at radius 1 is 1.00 bits per heavy atom. The average molecular weight is 458 g/mol. The Balaban J connectivity index is 1.58. The van der Waals surface area contributed by atoms with Crippen molar-refractivity contribution in [3.8, 4) is 0 Å². The Hall–Kier alpha value is -2.71. The second kappa shape index (κ2) is 10.3. The lowest BCUT2D eigenvalue weighted by molar-refractivity contribution is -0.116. The molecule has 2 aromatic carbocycles. The Bertz CT molecular complexity index is 1030. The molecule has 0 aromatic heterocycles. The summed E-state index contributed by atoms with van der Waals surface area (Å²) in [5, 5.41) is 5.56. The first-order valence-corrected chi connectivity index (χ1v) is 12.4. The van der Waals surface area contributed by atoms with Crippen LogP contribution < -0.4 is 10.6 Å². The Morgan fingerprint density at radius 3 is 2.19 bits per heavy atom. The van der Waals surface area contributed by atoms with Crippen LogP contribution in [-0.4, -0.2) is 42.7 Å². The van der Waals surface area contributed by atoms with Gasteiger partial charge in [0.25, 0.3) is 5.91 Å². The number of nitrogens with zero attached hydrogens (tertiary/aromatic N) is 1. The highest BCUT2D eigenvalue weighted by Gasteiger charge is 2.35. The molecule has 172 valence electrons. The molecule has 7 nitrogen and oxygen atoms in total. The number of nitrogens with one attached hydrogen (secondary N) is 2. The van der Waals surface area contributed by atoms with E-state index >= 15 is 0 Å². The van der Waals surface area contributed by atoms with Crippen LogP contribution in [0, 0.1) is 0 Å². The van der Waals surface area contributed by atoms with E-state index in [0.717, 1.165) is 19.3 Å². The van der Waals surface area contributed by atoms with Crippen molar-refractivity contribution in [1.29, 1.82) is 0 Å². The molecule has 3 rings (SSSR count). The van der Waals surface area contributed by atoms with Gasteiger partial charge in [0.2, 0.25) is 15.9 Å². The summed E-state index contributed by atoms with van der Waals surface area (Å²) >= 11 is 0. The van der Waals surface area contributed by atoms with Gasteiger partial charge >= 0.3 is 0 Å². The second-order valence-corrected chi connectivity index (χ2v) is 10.3. The molecule has 1 fully saturated rings. The predicted molar refractivity (Wildman–Crippen MR) is 125 cm³/mol. The smallest absolute Gasteiger partial charge is 0.251 e. The average Bonchev–Trinajstić information content (AvgIpc) is 2.74. The van der Waals surface area contributed by atoms with Gasteiger partial charge in [0, 0.05) is 35.8 Å². The minimum absolute atomic E-state index is 0.0317. The van der Waals surface area contributed by atoms with E-state index in [2.05, 4.69) is 10.6 Å². The number of piperidine rings is 1. The molecule has 0 aliphatic carbocycles. The van der Waals surface area contributed by atoms with Gasteiger partial charge in [0.1, 0.15) is 0 Å². The number of rotatable bonds is 7. The zero-order chi connectivity index (χ0) is 23.3. The Kier molecular flexibility index (Phi) is 7.69. The minimum Gasteiger partial charge on any atom is -0.349 e. The van der Waals surface area contributed by atoms with E-state index in [0.29, 0.717) is 11.3 Å². The molecule has 0 spiro atoms. The SMILES string of the molecule is CC(CC(=O)Nc1ccc(S(=O)(=O)N2C(C)CCCC2C)cc1)NC(=O)c1ccccc1. The maximum atomic E-state index is 13.1. The van der Waals surface area contributed by atoms with Gasteiger partial charge in [-0.25, -0.2) is 8.42 Å². The van der Waals surface area contributed by atoms with Crippen LogP contribution in [0.1, 0.15) is 56.8 Å². The second-order valence-electron chi connectivity index (χ2n) is 8.48. The molecule has 3 unspecified atom stereocenters. The molecular formula is C24H31N3O4S. The third-order valence-corrected chi connectivity index (χ3v) is 7.87. The molecule has 32 heavy (non-hydrogen) atoms. The van der Waals surface area contributed by atoms with Crippen LogP contribution in [0.4, 0.5) is 5.69 Å². The van der Waals surface area contributed by atoms with Crippen molar-refractivity contribution in [2.75, 3.05) is 5.32 Å². The monoisotopic (exact) mass is 457 g/mol. The normalized spacial score (nSPS) is 20.3. The van der Waals surface area contributed by atoms with Gasteiger partial charge in [-0.1, -0.05) is 24.6 Å². The van der Waals surface area contributed by atoms with Crippen molar-refractivity contribution in [1.82, 2.24) is 9.62 Å². The lowest BCUT2D eigenvalue weighted by Crippen LogP contribution is -2.47. The summed E-state index contributed by atoms with van der Waals surface area (Å²) in [6.45, 7) is 5.65. The standard InChI is InChI=1S/C24H31N3O4S/c1-17(25-24(29)20-10-5-4-6-11-20)16-23(28)26-21-12-14-22(15-13-21)32(30,31)27-18(2)8-7-9-19(27)3/h4-6,10-15,17-19H,7-9,16H2,1-3H3,(H,25,29)(H,26,28). The molecule has 3 atom stereocenters. The molecule has 1 heterocycles. The van der Waals surface area contributed by atoms with Crippen LogP contribution in [0.25, 0.3) is 0 Å². The summed E-state index contributed by atoms with van der Waals surface area (Å²) in [6.07, 6.45) is 2.85. The molecule has 2 aromatic rings. The van der Waals surface area contributed by atoms with Crippen molar-refractivity contribution >= 4 is 27.5 Å². The van der Waals surface area contributed by atoms with Gasteiger partial charge in [0.15, 0.2) is 0 Å². The largest absolute Gasteiger partial charge is 0.349 e. The van der Waals surface area contributed by atoms with Gasteiger partial charge in [-0.05, 0) is 70.0 Å². The topological polar surface area (TPSA) is 95.6 Å². The molecule has 2 amide bonds.